The maximum Gasteiger partial charge on any atom is 0.117 e. The van der Waals surface area contributed by atoms with Gasteiger partial charge in [0.15, 0.2) is 0 Å². The Balaban J connectivity index is 1.67. The lowest BCUT2D eigenvalue weighted by Gasteiger charge is -2.16. The van der Waals surface area contributed by atoms with E-state index in [2.05, 4.69) is 5.32 Å². The van der Waals surface area contributed by atoms with Crippen LogP contribution in [0, 0.1) is 12.8 Å². The predicted molar refractivity (Wildman–Crippen MR) is 60.1 cm³/mol. The first-order valence-corrected chi connectivity index (χ1v) is 5.77. The molecule has 0 saturated carbocycles. The molecule has 2 heterocycles. The highest BCUT2D eigenvalue weighted by Gasteiger charge is 2.23. The molecule has 0 aromatic carbocycles. The molecule has 1 saturated heterocycles. The molecule has 16 heavy (non-hydrogen) atoms. The van der Waals surface area contributed by atoms with Gasteiger partial charge in [0.1, 0.15) is 11.5 Å². The van der Waals surface area contributed by atoms with Gasteiger partial charge in [-0.15, -0.1) is 0 Å². The van der Waals surface area contributed by atoms with E-state index in [0.29, 0.717) is 19.7 Å². The summed E-state index contributed by atoms with van der Waals surface area (Å²) >= 11 is 0. The summed E-state index contributed by atoms with van der Waals surface area (Å²) in [5.41, 5.74) is 0. The van der Waals surface area contributed by atoms with Crippen molar-refractivity contribution in [1.82, 2.24) is 5.32 Å². The summed E-state index contributed by atoms with van der Waals surface area (Å²) in [6.45, 7) is 4.64. The van der Waals surface area contributed by atoms with Crippen molar-refractivity contribution in [3.05, 3.63) is 23.7 Å². The second kappa shape index (κ2) is 5.48. The van der Waals surface area contributed by atoms with Gasteiger partial charge in [0.05, 0.1) is 19.3 Å². The largest absolute Gasteiger partial charge is 0.465 e. The van der Waals surface area contributed by atoms with Crippen LogP contribution >= 0.6 is 0 Å². The molecule has 90 valence electrons. The Bertz CT molecular complexity index is 318. The van der Waals surface area contributed by atoms with E-state index in [9.17, 15) is 5.11 Å². The monoisotopic (exact) mass is 225 g/mol. The highest BCUT2D eigenvalue weighted by Crippen LogP contribution is 2.16. The third-order valence-corrected chi connectivity index (χ3v) is 2.96. The second-order valence-electron chi connectivity index (χ2n) is 4.33. The van der Waals surface area contributed by atoms with Gasteiger partial charge >= 0.3 is 0 Å². The maximum atomic E-state index is 9.86. The first-order chi connectivity index (χ1) is 7.75. The smallest absolute Gasteiger partial charge is 0.117 e. The van der Waals surface area contributed by atoms with Crippen LogP contribution in [0.5, 0.6) is 0 Å². The highest BCUT2D eigenvalue weighted by atomic mass is 16.5. The summed E-state index contributed by atoms with van der Waals surface area (Å²) in [5.74, 6) is 2.11. The molecule has 1 aromatic heterocycles. The van der Waals surface area contributed by atoms with Crippen LogP contribution in [0.1, 0.15) is 17.9 Å². The van der Waals surface area contributed by atoms with E-state index < -0.39 is 0 Å². The number of aryl methyl sites for hydroxylation is 1. The maximum absolute atomic E-state index is 9.86. The Morgan fingerprint density at radius 2 is 2.44 bits per heavy atom. The summed E-state index contributed by atoms with van der Waals surface area (Å²) in [6.07, 6.45) is 0.640. The van der Waals surface area contributed by atoms with Gasteiger partial charge in [-0.1, -0.05) is 0 Å². The normalized spacial score (nSPS) is 22.5. The molecule has 0 spiro atoms. The van der Waals surface area contributed by atoms with Crippen molar-refractivity contribution in [3.8, 4) is 0 Å². The quantitative estimate of drug-likeness (QED) is 0.787. The van der Waals surface area contributed by atoms with Gasteiger partial charge in [-0.3, -0.25) is 0 Å². The molecule has 1 aromatic rings. The van der Waals surface area contributed by atoms with Crippen LogP contribution < -0.4 is 5.32 Å². The van der Waals surface area contributed by atoms with Gasteiger partial charge in [0, 0.05) is 19.1 Å². The Hall–Kier alpha value is -0.840. The zero-order valence-electron chi connectivity index (χ0n) is 9.61. The standard InChI is InChI=1S/C12H19NO3/c1-9-2-3-11(16-9)6-13-7-12(14)10-4-5-15-8-10/h2-3,10,12-14H,4-8H2,1H3. The molecule has 2 unspecified atom stereocenters. The van der Waals surface area contributed by atoms with E-state index in [4.69, 9.17) is 9.15 Å². The number of rotatable bonds is 5. The molecule has 4 heteroatoms. The minimum absolute atomic E-state index is 0.283. The summed E-state index contributed by atoms with van der Waals surface area (Å²) in [4.78, 5) is 0. The Labute approximate surface area is 95.6 Å². The molecule has 1 fully saturated rings. The molecule has 1 aliphatic rings. The molecule has 1 aliphatic heterocycles. The van der Waals surface area contributed by atoms with Crippen LogP contribution in [-0.4, -0.2) is 31.0 Å². The van der Waals surface area contributed by atoms with E-state index in [1.54, 1.807) is 0 Å². The van der Waals surface area contributed by atoms with E-state index in [1.807, 2.05) is 19.1 Å². The fourth-order valence-electron chi connectivity index (χ4n) is 1.95. The van der Waals surface area contributed by atoms with E-state index >= 15 is 0 Å². The minimum atomic E-state index is -0.321. The number of hydrogen-bond acceptors (Lipinski definition) is 4. The Kier molecular flexibility index (Phi) is 3.98. The third kappa shape index (κ3) is 3.07. The molecular weight excluding hydrogens is 206 g/mol. The van der Waals surface area contributed by atoms with E-state index in [1.165, 1.54) is 0 Å². The number of ether oxygens (including phenoxy) is 1. The topological polar surface area (TPSA) is 54.6 Å². The van der Waals surface area contributed by atoms with Crippen LogP contribution in [0.2, 0.25) is 0 Å². The fraction of sp³-hybridized carbons (Fsp3) is 0.667. The number of nitrogens with one attached hydrogen (secondary N) is 1. The fourth-order valence-corrected chi connectivity index (χ4v) is 1.95. The SMILES string of the molecule is Cc1ccc(CNCC(O)C2CCOC2)o1. The number of furan rings is 1. The first kappa shape index (κ1) is 11.6. The van der Waals surface area contributed by atoms with Gasteiger partial charge in [0.25, 0.3) is 0 Å². The highest BCUT2D eigenvalue weighted by molar-refractivity contribution is 5.05. The van der Waals surface area contributed by atoms with E-state index in [-0.39, 0.29) is 12.0 Å². The van der Waals surface area contributed by atoms with Gasteiger partial charge in [-0.2, -0.15) is 0 Å². The third-order valence-electron chi connectivity index (χ3n) is 2.96. The summed E-state index contributed by atoms with van der Waals surface area (Å²) in [5, 5.41) is 13.1. The van der Waals surface area contributed by atoms with Crippen molar-refractivity contribution in [2.75, 3.05) is 19.8 Å². The van der Waals surface area contributed by atoms with Crippen molar-refractivity contribution >= 4 is 0 Å². The Morgan fingerprint density at radius 1 is 1.56 bits per heavy atom. The Morgan fingerprint density at radius 3 is 3.06 bits per heavy atom. The summed E-state index contributed by atoms with van der Waals surface area (Å²) in [7, 11) is 0. The van der Waals surface area contributed by atoms with Crippen LogP contribution in [0.15, 0.2) is 16.5 Å². The lowest BCUT2D eigenvalue weighted by atomic mass is 10.0. The van der Waals surface area contributed by atoms with Crippen LogP contribution in [0.3, 0.4) is 0 Å². The first-order valence-electron chi connectivity index (χ1n) is 5.77. The molecule has 0 amide bonds. The van der Waals surface area contributed by atoms with Crippen LogP contribution in [0.4, 0.5) is 0 Å². The van der Waals surface area contributed by atoms with Crippen molar-refractivity contribution in [2.45, 2.75) is 26.0 Å². The van der Waals surface area contributed by atoms with Gasteiger partial charge < -0.3 is 19.6 Å². The number of aliphatic hydroxyl groups is 1. The second-order valence-corrected chi connectivity index (χ2v) is 4.33. The number of aliphatic hydroxyl groups excluding tert-OH is 1. The lowest BCUT2D eigenvalue weighted by molar-refractivity contribution is 0.0902. The van der Waals surface area contributed by atoms with Crippen LogP contribution in [-0.2, 0) is 11.3 Å². The molecule has 2 N–H and O–H groups in total. The minimum Gasteiger partial charge on any atom is -0.465 e. The zero-order valence-corrected chi connectivity index (χ0v) is 9.61. The summed E-state index contributed by atoms with van der Waals surface area (Å²) in [6, 6.07) is 3.89. The van der Waals surface area contributed by atoms with Crippen molar-refractivity contribution in [3.63, 3.8) is 0 Å². The van der Waals surface area contributed by atoms with E-state index in [0.717, 1.165) is 24.5 Å². The summed E-state index contributed by atoms with van der Waals surface area (Å²) < 4.78 is 10.7. The van der Waals surface area contributed by atoms with Crippen molar-refractivity contribution in [1.29, 1.82) is 0 Å². The van der Waals surface area contributed by atoms with Gasteiger partial charge in [-0.05, 0) is 25.5 Å². The number of hydrogen-bond donors (Lipinski definition) is 2. The molecule has 2 rings (SSSR count). The van der Waals surface area contributed by atoms with Gasteiger partial charge in [-0.25, -0.2) is 0 Å². The molecule has 0 radical (unpaired) electrons. The lowest BCUT2D eigenvalue weighted by Crippen LogP contribution is -2.32. The van der Waals surface area contributed by atoms with Crippen LogP contribution in [0.25, 0.3) is 0 Å². The average Bonchev–Trinajstić information content (AvgIpc) is 2.89. The average molecular weight is 225 g/mol. The molecule has 2 atom stereocenters. The molecule has 0 aliphatic carbocycles. The van der Waals surface area contributed by atoms with Gasteiger partial charge in [0.2, 0.25) is 0 Å². The predicted octanol–water partition coefficient (Wildman–Crippen LogP) is 1.08. The van der Waals surface area contributed by atoms with Crippen molar-refractivity contribution < 1.29 is 14.3 Å². The molecular formula is C12H19NO3. The van der Waals surface area contributed by atoms with Crippen molar-refractivity contribution in [2.24, 2.45) is 5.92 Å². The molecule has 4 nitrogen and oxygen atoms in total. The molecule has 0 bridgehead atoms. The zero-order chi connectivity index (χ0) is 11.4.